The third-order valence-electron chi connectivity index (χ3n) is 2.90. The van der Waals surface area contributed by atoms with Crippen LogP contribution in [0.2, 0.25) is 0 Å². The molecule has 0 aliphatic carbocycles. The lowest BCUT2D eigenvalue weighted by Gasteiger charge is -2.18. The van der Waals surface area contributed by atoms with Crippen LogP contribution >= 0.6 is 21.6 Å². The second-order valence-electron chi connectivity index (χ2n) is 4.61. The first kappa shape index (κ1) is 17.2. The standard InChI is InChI=1S/C12H19NO5S2/c14-10(13(7-11(15)16)8-12(17)18)4-2-1-3-9-5-6-19-20-9/h9H,1-8H2,(H,15,16)(H,17,18)/t9-/m1/s1. The number of carboxylic acid groups (broad SMARTS) is 2. The van der Waals surface area contributed by atoms with Crippen LogP contribution in [-0.4, -0.2) is 57.1 Å². The number of amides is 1. The van der Waals surface area contributed by atoms with Gasteiger partial charge in [-0.3, -0.25) is 14.4 Å². The Morgan fingerprint density at radius 2 is 1.75 bits per heavy atom. The van der Waals surface area contributed by atoms with E-state index in [2.05, 4.69) is 0 Å². The molecule has 1 atom stereocenters. The lowest BCUT2D eigenvalue weighted by atomic mass is 10.1. The van der Waals surface area contributed by atoms with Gasteiger partial charge in [0.1, 0.15) is 13.1 Å². The molecule has 0 unspecified atom stereocenters. The van der Waals surface area contributed by atoms with E-state index in [4.69, 9.17) is 10.2 Å². The van der Waals surface area contributed by atoms with Gasteiger partial charge in [-0.2, -0.15) is 0 Å². The summed E-state index contributed by atoms with van der Waals surface area (Å²) in [4.78, 5) is 33.9. The Morgan fingerprint density at radius 3 is 2.25 bits per heavy atom. The first-order valence-corrected chi connectivity index (χ1v) is 8.87. The zero-order valence-electron chi connectivity index (χ0n) is 11.1. The number of hydrogen-bond donors (Lipinski definition) is 2. The molecule has 1 rings (SSSR count). The molecule has 1 fully saturated rings. The molecule has 1 amide bonds. The van der Waals surface area contributed by atoms with Crippen LogP contribution in [0.15, 0.2) is 0 Å². The molecule has 6 nitrogen and oxygen atoms in total. The number of nitrogens with zero attached hydrogens (tertiary/aromatic N) is 1. The lowest BCUT2D eigenvalue weighted by Crippen LogP contribution is -2.39. The molecule has 1 heterocycles. The minimum absolute atomic E-state index is 0.213. The largest absolute Gasteiger partial charge is 0.480 e. The Bertz CT molecular complexity index is 342. The van der Waals surface area contributed by atoms with E-state index >= 15 is 0 Å². The van der Waals surface area contributed by atoms with E-state index in [1.807, 2.05) is 21.6 Å². The number of aliphatic carboxylic acids is 2. The maximum absolute atomic E-state index is 11.8. The summed E-state index contributed by atoms with van der Waals surface area (Å²) in [6.45, 7) is -1.11. The number of unbranched alkanes of at least 4 members (excludes halogenated alkanes) is 1. The maximum Gasteiger partial charge on any atom is 0.323 e. The van der Waals surface area contributed by atoms with Gasteiger partial charge in [0, 0.05) is 17.4 Å². The van der Waals surface area contributed by atoms with Crippen molar-refractivity contribution in [1.29, 1.82) is 0 Å². The zero-order chi connectivity index (χ0) is 15.0. The van der Waals surface area contributed by atoms with E-state index in [0.717, 1.165) is 17.7 Å². The predicted octanol–water partition coefficient (Wildman–Crippen LogP) is 1.70. The van der Waals surface area contributed by atoms with Crippen molar-refractivity contribution in [3.8, 4) is 0 Å². The van der Waals surface area contributed by atoms with E-state index in [1.54, 1.807) is 0 Å². The summed E-state index contributed by atoms with van der Waals surface area (Å²) in [6.07, 6.45) is 4.07. The average molecular weight is 321 g/mol. The minimum atomic E-state index is -1.20. The molecule has 0 aromatic rings. The third kappa shape index (κ3) is 7.04. The molecule has 8 heteroatoms. The van der Waals surface area contributed by atoms with Crippen LogP contribution in [0.1, 0.15) is 32.1 Å². The van der Waals surface area contributed by atoms with Crippen LogP contribution in [0, 0.1) is 0 Å². The lowest BCUT2D eigenvalue weighted by molar-refractivity contribution is -0.149. The summed E-state index contributed by atoms with van der Waals surface area (Å²) >= 11 is 0. The maximum atomic E-state index is 11.8. The molecule has 0 saturated carbocycles. The number of carboxylic acids is 2. The van der Waals surface area contributed by atoms with Crippen molar-refractivity contribution < 1.29 is 24.6 Å². The predicted molar refractivity (Wildman–Crippen MR) is 78.8 cm³/mol. The molecule has 20 heavy (non-hydrogen) atoms. The average Bonchev–Trinajstić information content (AvgIpc) is 2.85. The highest BCUT2D eigenvalue weighted by atomic mass is 33.1. The van der Waals surface area contributed by atoms with Crippen LogP contribution in [0.5, 0.6) is 0 Å². The minimum Gasteiger partial charge on any atom is -0.480 e. The molecule has 1 aliphatic heterocycles. The van der Waals surface area contributed by atoms with E-state index < -0.39 is 30.9 Å². The highest BCUT2D eigenvalue weighted by Gasteiger charge is 2.20. The summed E-state index contributed by atoms with van der Waals surface area (Å²) < 4.78 is 0. The fourth-order valence-corrected chi connectivity index (χ4v) is 4.96. The van der Waals surface area contributed by atoms with Crippen molar-refractivity contribution >= 4 is 39.4 Å². The summed E-state index contributed by atoms with van der Waals surface area (Å²) in [7, 11) is 3.77. The molecule has 114 valence electrons. The molecule has 2 N–H and O–H groups in total. The van der Waals surface area contributed by atoms with Crippen LogP contribution < -0.4 is 0 Å². The number of carbonyl (C=O) groups is 3. The monoisotopic (exact) mass is 321 g/mol. The van der Waals surface area contributed by atoms with Gasteiger partial charge in [0.15, 0.2) is 0 Å². The highest BCUT2D eigenvalue weighted by molar-refractivity contribution is 8.77. The van der Waals surface area contributed by atoms with Crippen LogP contribution in [0.25, 0.3) is 0 Å². The van der Waals surface area contributed by atoms with Crippen molar-refractivity contribution in [2.24, 2.45) is 0 Å². The van der Waals surface area contributed by atoms with Gasteiger partial charge < -0.3 is 15.1 Å². The molecule has 1 saturated heterocycles. The Morgan fingerprint density at radius 1 is 1.10 bits per heavy atom. The van der Waals surface area contributed by atoms with Gasteiger partial charge in [0.05, 0.1) is 0 Å². The van der Waals surface area contributed by atoms with Crippen molar-refractivity contribution in [3.05, 3.63) is 0 Å². The number of hydrogen-bond acceptors (Lipinski definition) is 5. The Labute approximate surface area is 125 Å². The molecule has 1 aliphatic rings. The SMILES string of the molecule is O=C(O)CN(CC(=O)O)C(=O)CCCC[C@@H]1CCSS1. The first-order chi connectivity index (χ1) is 9.49. The summed E-state index contributed by atoms with van der Waals surface area (Å²) in [6, 6.07) is 0. The molecule has 0 aromatic heterocycles. The van der Waals surface area contributed by atoms with Gasteiger partial charge in [0.25, 0.3) is 0 Å². The highest BCUT2D eigenvalue weighted by Crippen LogP contribution is 2.39. The van der Waals surface area contributed by atoms with Crippen molar-refractivity contribution in [3.63, 3.8) is 0 Å². The summed E-state index contributed by atoms with van der Waals surface area (Å²) in [5, 5.41) is 18.0. The second kappa shape index (κ2) is 9.12. The van der Waals surface area contributed by atoms with Crippen molar-refractivity contribution in [2.75, 3.05) is 18.8 Å². The summed E-state index contributed by atoms with van der Waals surface area (Å²) in [5.74, 6) is -1.61. The van der Waals surface area contributed by atoms with E-state index in [0.29, 0.717) is 11.7 Å². The molecule has 0 bridgehead atoms. The molecule has 0 spiro atoms. The number of carbonyl (C=O) groups excluding carboxylic acids is 1. The molecular weight excluding hydrogens is 302 g/mol. The fraction of sp³-hybridized carbons (Fsp3) is 0.750. The van der Waals surface area contributed by atoms with Crippen LogP contribution in [0.4, 0.5) is 0 Å². The van der Waals surface area contributed by atoms with Gasteiger partial charge in [-0.05, 0) is 19.3 Å². The van der Waals surface area contributed by atoms with Gasteiger partial charge in [-0.25, -0.2) is 0 Å². The van der Waals surface area contributed by atoms with Crippen LogP contribution in [0.3, 0.4) is 0 Å². The van der Waals surface area contributed by atoms with Gasteiger partial charge in [-0.15, -0.1) is 0 Å². The van der Waals surface area contributed by atoms with E-state index in [9.17, 15) is 14.4 Å². The molecule has 0 radical (unpaired) electrons. The Balaban J connectivity index is 2.25. The van der Waals surface area contributed by atoms with Crippen LogP contribution in [-0.2, 0) is 14.4 Å². The van der Waals surface area contributed by atoms with Gasteiger partial charge >= 0.3 is 11.9 Å². The van der Waals surface area contributed by atoms with Crippen molar-refractivity contribution in [1.82, 2.24) is 4.90 Å². The van der Waals surface area contributed by atoms with Crippen molar-refractivity contribution in [2.45, 2.75) is 37.4 Å². The number of rotatable bonds is 9. The molecule has 0 aromatic carbocycles. The van der Waals surface area contributed by atoms with E-state index in [1.165, 1.54) is 12.2 Å². The topological polar surface area (TPSA) is 94.9 Å². The molecular formula is C12H19NO5S2. The Hall–Kier alpha value is -0.890. The normalized spacial score (nSPS) is 17.9. The quantitative estimate of drug-likeness (QED) is 0.493. The third-order valence-corrected chi connectivity index (χ3v) is 5.91. The summed E-state index contributed by atoms with van der Waals surface area (Å²) in [5.41, 5.74) is 0. The van der Waals surface area contributed by atoms with E-state index in [-0.39, 0.29) is 6.42 Å². The zero-order valence-corrected chi connectivity index (χ0v) is 12.8. The van der Waals surface area contributed by atoms with Gasteiger partial charge in [-0.1, -0.05) is 28.0 Å². The first-order valence-electron chi connectivity index (χ1n) is 6.48. The van der Waals surface area contributed by atoms with Gasteiger partial charge in [0.2, 0.25) is 5.91 Å². The smallest absolute Gasteiger partial charge is 0.323 e. The second-order valence-corrected chi connectivity index (χ2v) is 7.40. The fourth-order valence-electron chi connectivity index (χ4n) is 1.93. The Kier molecular flexibility index (Phi) is 7.83.